The second kappa shape index (κ2) is 6.44. The highest BCUT2D eigenvalue weighted by Gasteiger charge is 2.36. The molecule has 1 aliphatic rings. The minimum atomic E-state index is -0.932. The van der Waals surface area contributed by atoms with Gasteiger partial charge < -0.3 is 25.4 Å². The van der Waals surface area contributed by atoms with Gasteiger partial charge in [0, 0.05) is 6.42 Å². The third-order valence-electron chi connectivity index (χ3n) is 3.64. The van der Waals surface area contributed by atoms with Gasteiger partial charge >= 0.3 is 5.97 Å². The van der Waals surface area contributed by atoms with Gasteiger partial charge in [0.05, 0.1) is 32.1 Å². The van der Waals surface area contributed by atoms with Crippen LogP contribution in [0.2, 0.25) is 0 Å². The predicted molar refractivity (Wildman–Crippen MR) is 77.3 cm³/mol. The summed E-state index contributed by atoms with van der Waals surface area (Å²) in [7, 11) is 0. The number of aliphatic carboxylic acids is 1. The zero-order chi connectivity index (χ0) is 16.4. The molecule has 3 atom stereocenters. The topological polar surface area (TPSA) is 146 Å². The third-order valence-corrected chi connectivity index (χ3v) is 3.64. The number of hydrogen-bond acceptors (Lipinski definition) is 8. The molecule has 2 aromatic rings. The third kappa shape index (κ3) is 3.23. The maximum atomic E-state index is 10.4. The van der Waals surface area contributed by atoms with Crippen LogP contribution in [0, 0.1) is 0 Å². The Kier molecular flexibility index (Phi) is 4.37. The van der Waals surface area contributed by atoms with Gasteiger partial charge in [-0.3, -0.25) is 9.36 Å². The number of anilines is 1. The number of aliphatic hydroxyl groups is 1. The molecule has 1 fully saturated rings. The molecule has 0 spiro atoms. The Morgan fingerprint density at radius 3 is 3.09 bits per heavy atom. The van der Waals surface area contributed by atoms with Gasteiger partial charge in [0.15, 0.2) is 11.5 Å². The van der Waals surface area contributed by atoms with E-state index in [1.54, 1.807) is 10.9 Å². The first kappa shape index (κ1) is 15.6. The Bertz CT molecular complexity index is 705. The number of hydrogen-bond donors (Lipinski definition) is 3. The van der Waals surface area contributed by atoms with Gasteiger partial charge in [0.1, 0.15) is 24.2 Å². The Balaban J connectivity index is 1.65. The van der Waals surface area contributed by atoms with Crippen molar-refractivity contribution in [3.8, 4) is 0 Å². The zero-order valence-electron chi connectivity index (χ0n) is 12.2. The van der Waals surface area contributed by atoms with E-state index in [0.717, 1.165) is 0 Å². The molecule has 4 N–H and O–H groups in total. The highest BCUT2D eigenvalue weighted by molar-refractivity contribution is 5.81. The molecule has 0 bridgehead atoms. The summed E-state index contributed by atoms with van der Waals surface area (Å²) >= 11 is 0. The van der Waals surface area contributed by atoms with Crippen molar-refractivity contribution < 1.29 is 24.5 Å². The van der Waals surface area contributed by atoms with Crippen molar-refractivity contribution >= 4 is 23.0 Å². The van der Waals surface area contributed by atoms with Crippen molar-refractivity contribution in [3.05, 3.63) is 12.7 Å². The molecule has 2 aromatic heterocycles. The van der Waals surface area contributed by atoms with E-state index in [1.165, 1.54) is 6.33 Å². The normalized spacial score (nSPS) is 24.3. The van der Waals surface area contributed by atoms with Gasteiger partial charge in [-0.25, -0.2) is 15.0 Å². The van der Waals surface area contributed by atoms with Crippen LogP contribution in [0.1, 0.15) is 19.1 Å². The van der Waals surface area contributed by atoms with E-state index in [-0.39, 0.29) is 25.5 Å². The van der Waals surface area contributed by atoms with Crippen molar-refractivity contribution in [3.63, 3.8) is 0 Å². The number of nitrogens with zero attached hydrogens (tertiary/aromatic N) is 4. The molecule has 124 valence electrons. The second-order valence-electron chi connectivity index (χ2n) is 5.23. The summed E-state index contributed by atoms with van der Waals surface area (Å²) in [5, 5.41) is 18.6. The number of rotatable bonds is 6. The van der Waals surface area contributed by atoms with E-state index < -0.39 is 24.4 Å². The molecule has 0 amide bonds. The Morgan fingerprint density at radius 2 is 2.30 bits per heavy atom. The summed E-state index contributed by atoms with van der Waals surface area (Å²) in [4.78, 5) is 22.6. The maximum Gasteiger partial charge on any atom is 0.305 e. The van der Waals surface area contributed by atoms with Crippen LogP contribution in [0.3, 0.4) is 0 Å². The number of nitrogens with two attached hydrogens (primary N) is 1. The van der Waals surface area contributed by atoms with Crippen LogP contribution in [-0.4, -0.2) is 61.1 Å². The lowest BCUT2D eigenvalue weighted by Gasteiger charge is -2.15. The minimum Gasteiger partial charge on any atom is -0.481 e. The van der Waals surface area contributed by atoms with Gasteiger partial charge in [-0.15, -0.1) is 0 Å². The maximum absolute atomic E-state index is 10.4. The molecule has 0 unspecified atom stereocenters. The summed E-state index contributed by atoms with van der Waals surface area (Å²) in [5.74, 6) is -0.654. The molecule has 1 aliphatic heterocycles. The van der Waals surface area contributed by atoms with Gasteiger partial charge in [-0.05, 0) is 0 Å². The van der Waals surface area contributed by atoms with E-state index in [9.17, 15) is 9.90 Å². The average molecular weight is 323 g/mol. The predicted octanol–water partition coefficient (Wildman–Crippen LogP) is -0.452. The zero-order valence-corrected chi connectivity index (χ0v) is 12.2. The SMILES string of the molecule is Nc1ncnc2c1ncn2[C@H]1C[C@H](O)[C@@H](COCCC(=O)O)O1. The largest absolute Gasteiger partial charge is 0.481 e. The number of carbonyl (C=O) groups is 1. The number of aromatic nitrogens is 4. The summed E-state index contributed by atoms with van der Waals surface area (Å²) in [6, 6.07) is 0. The lowest BCUT2D eigenvalue weighted by atomic mass is 10.2. The van der Waals surface area contributed by atoms with Crippen molar-refractivity contribution in [2.75, 3.05) is 18.9 Å². The van der Waals surface area contributed by atoms with Gasteiger partial charge in [0.2, 0.25) is 0 Å². The number of fused-ring (bicyclic) bond motifs is 1. The Labute approximate surface area is 130 Å². The molecule has 3 heterocycles. The number of ether oxygens (including phenoxy) is 2. The van der Waals surface area contributed by atoms with Crippen LogP contribution in [0.4, 0.5) is 5.82 Å². The van der Waals surface area contributed by atoms with Gasteiger partial charge in [-0.2, -0.15) is 0 Å². The Hall–Kier alpha value is -2.30. The highest BCUT2D eigenvalue weighted by Crippen LogP contribution is 2.31. The molecular formula is C13H17N5O5. The van der Waals surface area contributed by atoms with Gasteiger partial charge in [-0.1, -0.05) is 0 Å². The van der Waals surface area contributed by atoms with E-state index in [0.29, 0.717) is 17.6 Å². The molecule has 0 radical (unpaired) electrons. The van der Waals surface area contributed by atoms with Crippen LogP contribution in [0.5, 0.6) is 0 Å². The first-order valence-corrected chi connectivity index (χ1v) is 7.12. The summed E-state index contributed by atoms with van der Waals surface area (Å²) in [6.45, 7) is 0.193. The summed E-state index contributed by atoms with van der Waals surface area (Å²) < 4.78 is 12.7. The van der Waals surface area contributed by atoms with Crippen LogP contribution in [0.25, 0.3) is 11.2 Å². The van der Waals surface area contributed by atoms with Crippen molar-refractivity contribution in [1.82, 2.24) is 19.5 Å². The number of aliphatic hydroxyl groups excluding tert-OH is 1. The fraction of sp³-hybridized carbons (Fsp3) is 0.538. The minimum absolute atomic E-state index is 0.0738. The molecule has 0 aromatic carbocycles. The van der Waals surface area contributed by atoms with Crippen LogP contribution in [-0.2, 0) is 14.3 Å². The molecule has 1 saturated heterocycles. The highest BCUT2D eigenvalue weighted by atomic mass is 16.6. The second-order valence-corrected chi connectivity index (χ2v) is 5.23. The smallest absolute Gasteiger partial charge is 0.305 e. The number of nitrogen functional groups attached to an aromatic ring is 1. The Morgan fingerprint density at radius 1 is 1.48 bits per heavy atom. The molecule has 0 saturated carbocycles. The standard InChI is InChI=1S/C13H17N5O5/c14-12-11-13(16-5-15-12)18(6-17-11)9-3-7(19)8(23-9)4-22-2-1-10(20)21/h5-9,19H,1-4H2,(H,20,21)(H2,14,15,16)/t7-,8+,9+/m0/s1. The molecule has 23 heavy (non-hydrogen) atoms. The molecule has 0 aliphatic carbocycles. The molecule has 3 rings (SSSR count). The van der Waals surface area contributed by atoms with Crippen molar-refractivity contribution in [2.24, 2.45) is 0 Å². The average Bonchev–Trinajstić information content (AvgIpc) is 3.08. The van der Waals surface area contributed by atoms with E-state index in [2.05, 4.69) is 15.0 Å². The fourth-order valence-electron chi connectivity index (χ4n) is 2.48. The van der Waals surface area contributed by atoms with Gasteiger partial charge in [0.25, 0.3) is 0 Å². The summed E-state index contributed by atoms with van der Waals surface area (Å²) in [6.07, 6.45) is 1.44. The van der Waals surface area contributed by atoms with E-state index in [1.807, 2.05) is 0 Å². The van der Waals surface area contributed by atoms with E-state index in [4.69, 9.17) is 20.3 Å². The molecule has 10 nitrogen and oxygen atoms in total. The molecular weight excluding hydrogens is 306 g/mol. The van der Waals surface area contributed by atoms with E-state index >= 15 is 0 Å². The van der Waals surface area contributed by atoms with Crippen LogP contribution < -0.4 is 5.73 Å². The van der Waals surface area contributed by atoms with Crippen LogP contribution in [0.15, 0.2) is 12.7 Å². The number of carboxylic acid groups (broad SMARTS) is 1. The lowest BCUT2D eigenvalue weighted by Crippen LogP contribution is -2.27. The number of imidazole rings is 1. The summed E-state index contributed by atoms with van der Waals surface area (Å²) in [5.41, 5.74) is 6.75. The lowest BCUT2D eigenvalue weighted by molar-refractivity contribution is -0.138. The van der Waals surface area contributed by atoms with Crippen molar-refractivity contribution in [2.45, 2.75) is 31.3 Å². The fourth-order valence-corrected chi connectivity index (χ4v) is 2.48. The number of carboxylic acids is 1. The quantitative estimate of drug-likeness (QED) is 0.601. The van der Waals surface area contributed by atoms with Crippen molar-refractivity contribution in [1.29, 1.82) is 0 Å². The monoisotopic (exact) mass is 323 g/mol. The first-order valence-electron chi connectivity index (χ1n) is 7.12. The first-order chi connectivity index (χ1) is 11.1. The molecule has 10 heteroatoms. The van der Waals surface area contributed by atoms with Crippen LogP contribution >= 0.6 is 0 Å².